The lowest BCUT2D eigenvalue weighted by Gasteiger charge is -2.34. The van der Waals surface area contributed by atoms with Crippen LogP contribution in [-0.2, 0) is 13.1 Å². The zero-order valence-corrected chi connectivity index (χ0v) is 19.7. The van der Waals surface area contributed by atoms with Crippen LogP contribution in [0.5, 0.6) is 0 Å². The van der Waals surface area contributed by atoms with Crippen LogP contribution in [0.4, 0.5) is 8.78 Å². The van der Waals surface area contributed by atoms with Crippen molar-refractivity contribution in [3.63, 3.8) is 0 Å². The summed E-state index contributed by atoms with van der Waals surface area (Å²) in [6, 6.07) is 7.22. The number of furan rings is 1. The molecular formula is C21H28F2IN5O2. The Morgan fingerprint density at radius 3 is 2.68 bits per heavy atom. The largest absolute Gasteiger partial charge is 0.454 e. The van der Waals surface area contributed by atoms with E-state index in [-0.39, 0.29) is 54.4 Å². The van der Waals surface area contributed by atoms with Crippen LogP contribution < -0.4 is 16.4 Å². The van der Waals surface area contributed by atoms with Gasteiger partial charge in [-0.1, -0.05) is 6.07 Å². The van der Waals surface area contributed by atoms with Gasteiger partial charge in [0.05, 0.1) is 0 Å². The fourth-order valence-electron chi connectivity index (χ4n) is 3.49. The van der Waals surface area contributed by atoms with E-state index >= 15 is 0 Å². The molecule has 1 aromatic carbocycles. The molecule has 4 N–H and O–H groups in total. The van der Waals surface area contributed by atoms with Gasteiger partial charge in [0.1, 0.15) is 23.9 Å². The Morgan fingerprint density at radius 1 is 1.29 bits per heavy atom. The van der Waals surface area contributed by atoms with E-state index in [0.717, 1.165) is 19.4 Å². The highest BCUT2D eigenvalue weighted by atomic mass is 127. The summed E-state index contributed by atoms with van der Waals surface area (Å²) in [5.74, 6) is -0.424. The van der Waals surface area contributed by atoms with Gasteiger partial charge in [0, 0.05) is 31.2 Å². The molecular weight excluding hydrogens is 519 g/mol. The van der Waals surface area contributed by atoms with Crippen LogP contribution in [0.2, 0.25) is 0 Å². The van der Waals surface area contributed by atoms with Crippen LogP contribution in [0.15, 0.2) is 39.7 Å². The number of nitrogens with one attached hydrogen (secondary N) is 2. The van der Waals surface area contributed by atoms with E-state index in [9.17, 15) is 13.6 Å². The normalized spacial score (nSPS) is 17.1. The minimum absolute atomic E-state index is 0. The summed E-state index contributed by atoms with van der Waals surface area (Å²) >= 11 is 0. The van der Waals surface area contributed by atoms with Crippen molar-refractivity contribution < 1.29 is 18.0 Å². The van der Waals surface area contributed by atoms with Crippen molar-refractivity contribution in [2.24, 2.45) is 10.7 Å². The van der Waals surface area contributed by atoms with Gasteiger partial charge in [0.25, 0.3) is 5.91 Å². The summed E-state index contributed by atoms with van der Waals surface area (Å²) in [5.41, 5.74) is 5.30. The molecule has 1 amide bonds. The molecule has 0 spiro atoms. The standard InChI is InChI=1S/C21H27F2N5O2.HI/c1-2-25-21(26-11-15-8-9-19(30-15)20(24)29)27-14-5-4-10-28(12-14)13-16-17(22)6-3-7-18(16)23;/h3,6-9,14H,2,4-5,10-13H2,1H3,(H2,24,29)(H2,25,26,27);1H. The van der Waals surface area contributed by atoms with E-state index in [1.54, 1.807) is 6.07 Å². The highest BCUT2D eigenvalue weighted by molar-refractivity contribution is 14.0. The molecule has 1 aromatic heterocycles. The molecule has 7 nitrogen and oxygen atoms in total. The number of nitrogens with two attached hydrogens (primary N) is 1. The number of aliphatic imine (C=N–C) groups is 1. The number of halogens is 3. The Kier molecular flexibility index (Phi) is 9.69. The smallest absolute Gasteiger partial charge is 0.284 e. The predicted molar refractivity (Wildman–Crippen MR) is 125 cm³/mol. The third kappa shape index (κ3) is 7.17. The van der Waals surface area contributed by atoms with E-state index < -0.39 is 17.5 Å². The van der Waals surface area contributed by atoms with E-state index in [4.69, 9.17) is 10.2 Å². The maximum atomic E-state index is 14.0. The molecule has 0 radical (unpaired) electrons. The second kappa shape index (κ2) is 12.0. The summed E-state index contributed by atoms with van der Waals surface area (Å²) < 4.78 is 33.3. The Bertz CT molecular complexity index is 885. The van der Waals surface area contributed by atoms with Crippen molar-refractivity contribution in [3.8, 4) is 0 Å². The second-order valence-electron chi connectivity index (χ2n) is 7.24. The molecule has 0 bridgehead atoms. The first-order valence-corrected chi connectivity index (χ1v) is 10.0. The number of piperidine rings is 1. The molecule has 10 heteroatoms. The SMILES string of the molecule is CCNC(=NCc1ccc(C(N)=O)o1)NC1CCCN(Cc2c(F)cccc2F)C1.I. The van der Waals surface area contributed by atoms with Gasteiger partial charge in [-0.05, 0) is 50.6 Å². The number of carbonyl (C=O) groups is 1. The molecule has 1 aliphatic rings. The van der Waals surface area contributed by atoms with Crippen molar-refractivity contribution in [1.82, 2.24) is 15.5 Å². The number of hydrogen-bond acceptors (Lipinski definition) is 4. The Balaban J connectivity index is 0.00000341. The molecule has 0 aliphatic carbocycles. The first-order chi connectivity index (χ1) is 14.5. The van der Waals surface area contributed by atoms with E-state index in [1.165, 1.54) is 24.3 Å². The number of guanidine groups is 1. The maximum Gasteiger partial charge on any atom is 0.284 e. The average molecular weight is 547 g/mol. The Morgan fingerprint density at radius 2 is 2.03 bits per heavy atom. The van der Waals surface area contributed by atoms with Crippen LogP contribution >= 0.6 is 24.0 Å². The quantitative estimate of drug-likeness (QED) is 0.282. The molecule has 1 saturated heterocycles. The number of carbonyl (C=O) groups excluding carboxylic acids is 1. The summed E-state index contributed by atoms with van der Waals surface area (Å²) in [6.45, 7) is 4.54. The number of hydrogen-bond donors (Lipinski definition) is 3. The van der Waals surface area contributed by atoms with Crippen LogP contribution in [0.3, 0.4) is 0 Å². The molecule has 31 heavy (non-hydrogen) atoms. The monoisotopic (exact) mass is 547 g/mol. The Labute approximate surface area is 197 Å². The molecule has 2 heterocycles. The van der Waals surface area contributed by atoms with Crippen molar-refractivity contribution in [2.75, 3.05) is 19.6 Å². The van der Waals surface area contributed by atoms with Gasteiger partial charge >= 0.3 is 0 Å². The van der Waals surface area contributed by atoms with Crippen LogP contribution in [-0.4, -0.2) is 42.4 Å². The lowest BCUT2D eigenvalue weighted by Crippen LogP contribution is -2.51. The van der Waals surface area contributed by atoms with E-state index in [0.29, 0.717) is 24.8 Å². The van der Waals surface area contributed by atoms with Gasteiger partial charge in [-0.2, -0.15) is 0 Å². The van der Waals surface area contributed by atoms with E-state index in [1.807, 2.05) is 11.8 Å². The Hall–Kier alpha value is -2.21. The topological polar surface area (TPSA) is 95.9 Å². The lowest BCUT2D eigenvalue weighted by molar-refractivity contribution is 0.0972. The third-order valence-corrected chi connectivity index (χ3v) is 4.93. The maximum absolute atomic E-state index is 14.0. The average Bonchev–Trinajstić information content (AvgIpc) is 3.19. The number of rotatable bonds is 7. The van der Waals surface area contributed by atoms with Gasteiger partial charge in [-0.3, -0.25) is 9.69 Å². The molecule has 170 valence electrons. The highest BCUT2D eigenvalue weighted by Gasteiger charge is 2.23. The molecule has 1 fully saturated rings. The fourth-order valence-corrected chi connectivity index (χ4v) is 3.49. The molecule has 1 atom stereocenters. The zero-order valence-electron chi connectivity index (χ0n) is 17.4. The summed E-state index contributed by atoms with van der Waals surface area (Å²) in [7, 11) is 0. The summed E-state index contributed by atoms with van der Waals surface area (Å²) in [5, 5.41) is 6.56. The third-order valence-electron chi connectivity index (χ3n) is 4.93. The van der Waals surface area contributed by atoms with Gasteiger partial charge in [0.15, 0.2) is 11.7 Å². The van der Waals surface area contributed by atoms with Crippen molar-refractivity contribution in [1.29, 1.82) is 0 Å². The fraction of sp³-hybridized carbons (Fsp3) is 0.429. The molecule has 2 aromatic rings. The number of likely N-dealkylation sites (tertiary alicyclic amines) is 1. The highest BCUT2D eigenvalue weighted by Crippen LogP contribution is 2.18. The van der Waals surface area contributed by atoms with Crippen LogP contribution in [0, 0.1) is 11.6 Å². The predicted octanol–water partition coefficient (Wildman–Crippen LogP) is 2.99. The van der Waals surface area contributed by atoms with Crippen molar-refractivity contribution in [2.45, 2.75) is 38.9 Å². The van der Waals surface area contributed by atoms with Gasteiger partial charge < -0.3 is 20.8 Å². The first kappa shape index (κ1) is 25.1. The van der Waals surface area contributed by atoms with Crippen LogP contribution in [0.1, 0.15) is 41.6 Å². The lowest BCUT2D eigenvalue weighted by atomic mass is 10.0. The van der Waals surface area contributed by atoms with Gasteiger partial charge in [-0.15, -0.1) is 24.0 Å². The minimum Gasteiger partial charge on any atom is -0.454 e. The van der Waals surface area contributed by atoms with Crippen LogP contribution in [0.25, 0.3) is 0 Å². The molecule has 3 rings (SSSR count). The molecule has 1 aliphatic heterocycles. The van der Waals surface area contributed by atoms with Crippen molar-refractivity contribution >= 4 is 35.8 Å². The number of benzene rings is 1. The van der Waals surface area contributed by atoms with Crippen molar-refractivity contribution in [3.05, 3.63) is 59.1 Å². The summed E-state index contributed by atoms with van der Waals surface area (Å²) in [6.07, 6.45) is 1.83. The first-order valence-electron chi connectivity index (χ1n) is 10.0. The summed E-state index contributed by atoms with van der Waals surface area (Å²) in [4.78, 5) is 17.7. The van der Waals surface area contributed by atoms with E-state index in [2.05, 4.69) is 15.6 Å². The number of primary amides is 1. The zero-order chi connectivity index (χ0) is 21.5. The molecule has 0 saturated carbocycles. The second-order valence-corrected chi connectivity index (χ2v) is 7.24. The van der Waals surface area contributed by atoms with Gasteiger partial charge in [-0.25, -0.2) is 13.8 Å². The minimum atomic E-state index is -0.621. The number of nitrogens with zero attached hydrogens (tertiary/aromatic N) is 2. The van der Waals surface area contributed by atoms with Gasteiger partial charge in [0.2, 0.25) is 0 Å². The number of amides is 1. The molecule has 1 unspecified atom stereocenters.